The zero-order valence-corrected chi connectivity index (χ0v) is 10.4. The fourth-order valence-corrected chi connectivity index (χ4v) is 2.38. The first kappa shape index (κ1) is 11.1. The molecule has 5 heteroatoms. The van der Waals surface area contributed by atoms with E-state index in [1.165, 1.54) is 0 Å². The van der Waals surface area contributed by atoms with Crippen LogP contribution in [0.25, 0.3) is 10.7 Å². The molecule has 3 N–H and O–H groups in total. The van der Waals surface area contributed by atoms with E-state index in [2.05, 4.69) is 15.0 Å². The van der Waals surface area contributed by atoms with Gasteiger partial charge in [0.1, 0.15) is 10.8 Å². The summed E-state index contributed by atoms with van der Waals surface area (Å²) in [6.45, 7) is 0. The predicted molar refractivity (Wildman–Crippen MR) is 72.2 cm³/mol. The maximum Gasteiger partial charge on any atom is 0.141 e. The normalized spacial score (nSPS) is 12.5. The molecule has 3 rings (SSSR count). The number of imidazole rings is 1. The number of aromatic nitrogens is 3. The molecule has 0 fully saturated rings. The molecular weight excluding hydrogens is 244 g/mol. The van der Waals surface area contributed by atoms with Crippen LogP contribution in [0.3, 0.4) is 0 Å². The molecule has 0 spiro atoms. The average molecular weight is 256 g/mol. The van der Waals surface area contributed by atoms with Gasteiger partial charge < -0.3 is 10.7 Å². The Morgan fingerprint density at radius 2 is 2.00 bits per heavy atom. The summed E-state index contributed by atoms with van der Waals surface area (Å²) in [5.74, 6) is 0.756. The lowest BCUT2D eigenvalue weighted by molar-refractivity contribution is 0.801. The van der Waals surface area contributed by atoms with Crippen molar-refractivity contribution in [2.45, 2.75) is 6.04 Å². The van der Waals surface area contributed by atoms with Gasteiger partial charge in [0, 0.05) is 11.6 Å². The van der Waals surface area contributed by atoms with Gasteiger partial charge in [0.05, 0.1) is 17.9 Å². The molecule has 18 heavy (non-hydrogen) atoms. The molecule has 1 atom stereocenters. The van der Waals surface area contributed by atoms with Crippen molar-refractivity contribution >= 4 is 11.3 Å². The van der Waals surface area contributed by atoms with Gasteiger partial charge in [0.15, 0.2) is 0 Å². The largest absolute Gasteiger partial charge is 0.338 e. The monoisotopic (exact) mass is 256 g/mol. The summed E-state index contributed by atoms with van der Waals surface area (Å²) < 4.78 is 0. The first-order valence-electron chi connectivity index (χ1n) is 5.60. The molecule has 0 amide bonds. The van der Waals surface area contributed by atoms with Crippen molar-refractivity contribution in [1.82, 2.24) is 15.0 Å². The highest BCUT2D eigenvalue weighted by Crippen LogP contribution is 2.22. The van der Waals surface area contributed by atoms with Gasteiger partial charge in [-0.2, -0.15) is 0 Å². The molecule has 1 aromatic carbocycles. The molecule has 0 aliphatic heterocycles. The number of aromatic amines is 1. The molecule has 90 valence electrons. The van der Waals surface area contributed by atoms with E-state index in [0.29, 0.717) is 0 Å². The number of thiazole rings is 1. The smallest absolute Gasteiger partial charge is 0.141 e. The summed E-state index contributed by atoms with van der Waals surface area (Å²) in [7, 11) is 0. The predicted octanol–water partition coefficient (Wildman–Crippen LogP) is 2.58. The Morgan fingerprint density at radius 1 is 1.17 bits per heavy atom. The Morgan fingerprint density at radius 3 is 2.72 bits per heavy atom. The summed E-state index contributed by atoms with van der Waals surface area (Å²) in [4.78, 5) is 11.8. The van der Waals surface area contributed by atoms with E-state index < -0.39 is 0 Å². The van der Waals surface area contributed by atoms with E-state index in [1.807, 2.05) is 35.7 Å². The lowest BCUT2D eigenvalue weighted by Crippen LogP contribution is -2.13. The second kappa shape index (κ2) is 4.72. The summed E-state index contributed by atoms with van der Waals surface area (Å²) in [6.07, 6.45) is 3.55. The third-order valence-electron chi connectivity index (χ3n) is 2.71. The van der Waals surface area contributed by atoms with E-state index >= 15 is 0 Å². The Kier molecular flexibility index (Phi) is 2.92. The standard InChI is InChI=1S/C13H12N4S/c14-11(9-4-2-1-3-5-9)12-16-8-10(17-12)13-15-6-7-18-13/h1-8,11H,14H2,(H,16,17). The summed E-state index contributed by atoms with van der Waals surface area (Å²) in [5, 5.41) is 2.86. The van der Waals surface area contributed by atoms with Gasteiger partial charge in [0.25, 0.3) is 0 Å². The molecule has 0 aliphatic carbocycles. The second-order valence-electron chi connectivity index (χ2n) is 3.91. The van der Waals surface area contributed by atoms with Gasteiger partial charge in [0.2, 0.25) is 0 Å². The molecule has 2 aromatic heterocycles. The number of nitrogens with zero attached hydrogens (tertiary/aromatic N) is 2. The maximum atomic E-state index is 6.17. The van der Waals surface area contributed by atoms with E-state index in [9.17, 15) is 0 Å². The summed E-state index contributed by atoms with van der Waals surface area (Å²) in [5.41, 5.74) is 8.12. The van der Waals surface area contributed by atoms with Gasteiger partial charge in [-0.05, 0) is 5.56 Å². The quantitative estimate of drug-likeness (QED) is 0.756. The minimum atomic E-state index is -0.236. The van der Waals surface area contributed by atoms with Crippen LogP contribution in [-0.4, -0.2) is 15.0 Å². The van der Waals surface area contributed by atoms with E-state index in [0.717, 1.165) is 22.1 Å². The van der Waals surface area contributed by atoms with Crippen molar-refractivity contribution in [3.63, 3.8) is 0 Å². The minimum Gasteiger partial charge on any atom is -0.338 e. The van der Waals surface area contributed by atoms with Crippen LogP contribution >= 0.6 is 11.3 Å². The fourth-order valence-electron chi connectivity index (χ4n) is 1.78. The highest BCUT2D eigenvalue weighted by Gasteiger charge is 2.13. The van der Waals surface area contributed by atoms with Crippen LogP contribution < -0.4 is 5.73 Å². The molecule has 0 aliphatic rings. The van der Waals surface area contributed by atoms with Crippen molar-refractivity contribution in [1.29, 1.82) is 0 Å². The van der Waals surface area contributed by atoms with Gasteiger partial charge in [-0.1, -0.05) is 30.3 Å². The number of rotatable bonds is 3. The lowest BCUT2D eigenvalue weighted by atomic mass is 10.1. The Hall–Kier alpha value is -1.98. The topological polar surface area (TPSA) is 67.6 Å². The van der Waals surface area contributed by atoms with E-state index in [1.54, 1.807) is 23.7 Å². The van der Waals surface area contributed by atoms with Crippen molar-refractivity contribution in [2.75, 3.05) is 0 Å². The second-order valence-corrected chi connectivity index (χ2v) is 4.80. The number of benzene rings is 1. The summed E-state index contributed by atoms with van der Waals surface area (Å²) >= 11 is 1.57. The SMILES string of the molecule is NC(c1ccccc1)c1ncc(-c2nccs2)[nH]1. The zero-order valence-electron chi connectivity index (χ0n) is 9.58. The van der Waals surface area contributed by atoms with Gasteiger partial charge in [-0.15, -0.1) is 11.3 Å². The first-order chi connectivity index (χ1) is 8.84. The number of hydrogen-bond donors (Lipinski definition) is 2. The van der Waals surface area contributed by atoms with Crippen molar-refractivity contribution in [3.8, 4) is 10.7 Å². The van der Waals surface area contributed by atoms with Crippen LogP contribution in [0.1, 0.15) is 17.4 Å². The van der Waals surface area contributed by atoms with Gasteiger partial charge in [-0.3, -0.25) is 0 Å². The maximum absolute atomic E-state index is 6.17. The van der Waals surface area contributed by atoms with Crippen LogP contribution in [-0.2, 0) is 0 Å². The molecule has 0 bridgehead atoms. The average Bonchev–Trinajstić information content (AvgIpc) is 3.09. The van der Waals surface area contributed by atoms with Crippen molar-refractivity contribution in [3.05, 3.63) is 59.5 Å². The molecule has 0 saturated carbocycles. The minimum absolute atomic E-state index is 0.236. The Bertz CT molecular complexity index is 616. The van der Waals surface area contributed by atoms with Crippen LogP contribution in [0, 0.1) is 0 Å². The fraction of sp³-hybridized carbons (Fsp3) is 0.0769. The highest BCUT2D eigenvalue weighted by molar-refractivity contribution is 7.13. The molecule has 2 heterocycles. The zero-order chi connectivity index (χ0) is 12.4. The molecule has 0 saturated heterocycles. The molecule has 4 nitrogen and oxygen atoms in total. The number of nitrogens with one attached hydrogen (secondary N) is 1. The van der Waals surface area contributed by atoms with Crippen molar-refractivity contribution < 1.29 is 0 Å². The van der Waals surface area contributed by atoms with Crippen LogP contribution in [0.2, 0.25) is 0 Å². The first-order valence-corrected chi connectivity index (χ1v) is 6.48. The Labute approximate surface area is 109 Å². The molecule has 1 unspecified atom stereocenters. The highest BCUT2D eigenvalue weighted by atomic mass is 32.1. The summed E-state index contributed by atoms with van der Waals surface area (Å²) in [6, 6.07) is 9.67. The van der Waals surface area contributed by atoms with Crippen molar-refractivity contribution in [2.24, 2.45) is 5.73 Å². The van der Waals surface area contributed by atoms with E-state index in [4.69, 9.17) is 5.73 Å². The van der Waals surface area contributed by atoms with Crippen LogP contribution in [0.4, 0.5) is 0 Å². The van der Waals surface area contributed by atoms with E-state index in [-0.39, 0.29) is 6.04 Å². The van der Waals surface area contributed by atoms with Gasteiger partial charge >= 0.3 is 0 Å². The molecule has 0 radical (unpaired) electrons. The van der Waals surface area contributed by atoms with Gasteiger partial charge in [-0.25, -0.2) is 9.97 Å². The third kappa shape index (κ3) is 2.05. The molecular formula is C13H12N4S. The lowest BCUT2D eigenvalue weighted by Gasteiger charge is -2.08. The van der Waals surface area contributed by atoms with Crippen LogP contribution in [0.15, 0.2) is 48.1 Å². The Balaban J connectivity index is 1.90. The number of H-pyrrole nitrogens is 1. The number of nitrogens with two attached hydrogens (primary N) is 1. The molecule has 3 aromatic rings. The number of hydrogen-bond acceptors (Lipinski definition) is 4. The van der Waals surface area contributed by atoms with Crippen LogP contribution in [0.5, 0.6) is 0 Å². The third-order valence-corrected chi connectivity index (χ3v) is 3.52.